The van der Waals surface area contributed by atoms with Gasteiger partial charge in [0, 0.05) is 18.3 Å². The summed E-state index contributed by atoms with van der Waals surface area (Å²) in [6, 6.07) is 4.59. The van der Waals surface area contributed by atoms with Gasteiger partial charge < -0.3 is 10.2 Å². The number of anilines is 3. The first-order chi connectivity index (χ1) is 13.3. The molecule has 1 aliphatic heterocycles. The van der Waals surface area contributed by atoms with E-state index in [0.717, 1.165) is 37.8 Å². The minimum Gasteiger partial charge on any atom is -0.348 e. The molecule has 0 amide bonds. The summed E-state index contributed by atoms with van der Waals surface area (Å²) in [5.41, 5.74) is -1.12. The van der Waals surface area contributed by atoms with E-state index in [2.05, 4.69) is 15.3 Å². The van der Waals surface area contributed by atoms with Gasteiger partial charge >= 0.3 is 11.9 Å². The number of hydrogen-bond donors (Lipinski definition) is 1. The van der Waals surface area contributed by atoms with Crippen LogP contribution in [-0.4, -0.2) is 27.5 Å². The lowest BCUT2D eigenvalue weighted by Gasteiger charge is -2.35. The van der Waals surface area contributed by atoms with E-state index in [1.54, 1.807) is 0 Å². The molecular formula is C18H20F3N5O2. The molecule has 0 saturated carbocycles. The third kappa shape index (κ3) is 4.15. The Morgan fingerprint density at radius 1 is 1.32 bits per heavy atom. The summed E-state index contributed by atoms with van der Waals surface area (Å²) in [5.74, 6) is 0.0655. The fourth-order valence-corrected chi connectivity index (χ4v) is 3.45. The number of nitrogens with zero attached hydrogens (tertiary/aromatic N) is 4. The molecule has 0 bridgehead atoms. The van der Waals surface area contributed by atoms with Gasteiger partial charge in [-0.3, -0.25) is 10.1 Å². The van der Waals surface area contributed by atoms with Crippen LogP contribution in [0.5, 0.6) is 0 Å². The van der Waals surface area contributed by atoms with Crippen molar-refractivity contribution in [2.75, 3.05) is 16.8 Å². The van der Waals surface area contributed by atoms with E-state index in [1.165, 1.54) is 18.5 Å². The van der Waals surface area contributed by atoms with Crippen molar-refractivity contribution in [2.45, 2.75) is 44.8 Å². The Bertz CT molecular complexity index is 859. The van der Waals surface area contributed by atoms with Crippen molar-refractivity contribution < 1.29 is 18.1 Å². The Morgan fingerprint density at radius 2 is 2.11 bits per heavy atom. The zero-order chi connectivity index (χ0) is 20.3. The van der Waals surface area contributed by atoms with E-state index >= 15 is 0 Å². The van der Waals surface area contributed by atoms with Crippen LogP contribution in [0.3, 0.4) is 0 Å². The van der Waals surface area contributed by atoms with Gasteiger partial charge in [0.25, 0.3) is 0 Å². The van der Waals surface area contributed by atoms with Crippen LogP contribution >= 0.6 is 0 Å². The van der Waals surface area contributed by atoms with Crippen LogP contribution in [-0.2, 0) is 6.18 Å². The summed E-state index contributed by atoms with van der Waals surface area (Å²) in [4.78, 5) is 21.1. The van der Waals surface area contributed by atoms with Crippen molar-refractivity contribution in [1.29, 1.82) is 0 Å². The number of alkyl halides is 3. The molecule has 7 nitrogen and oxygen atoms in total. The Morgan fingerprint density at radius 3 is 2.79 bits per heavy atom. The van der Waals surface area contributed by atoms with Gasteiger partial charge in [-0.1, -0.05) is 13.0 Å². The number of halogens is 3. The standard InChI is InChI=1S/C18H20F3N5O2/c1-2-14-8-3-4-9-25(14)17-15(26(27)28)16(22-11-23-17)24-13-7-5-6-12(10-13)18(19,20)21/h5-7,10-11,14H,2-4,8-9H2,1H3,(H,22,23,24). The molecule has 10 heteroatoms. The Labute approximate surface area is 159 Å². The molecule has 1 aliphatic rings. The topological polar surface area (TPSA) is 84.2 Å². The summed E-state index contributed by atoms with van der Waals surface area (Å²) in [6.45, 7) is 2.65. The maximum absolute atomic E-state index is 12.9. The van der Waals surface area contributed by atoms with Crippen molar-refractivity contribution >= 4 is 23.0 Å². The first-order valence-electron chi connectivity index (χ1n) is 9.01. The lowest BCUT2D eigenvalue weighted by Crippen LogP contribution is -2.40. The maximum atomic E-state index is 12.9. The third-order valence-electron chi connectivity index (χ3n) is 4.81. The van der Waals surface area contributed by atoms with Crippen LogP contribution in [0, 0.1) is 10.1 Å². The predicted molar refractivity (Wildman–Crippen MR) is 98.7 cm³/mol. The Hall–Kier alpha value is -2.91. The van der Waals surface area contributed by atoms with Crippen LogP contribution in [0.2, 0.25) is 0 Å². The summed E-state index contributed by atoms with van der Waals surface area (Å²) >= 11 is 0. The molecule has 0 spiro atoms. The first-order valence-corrected chi connectivity index (χ1v) is 9.01. The highest BCUT2D eigenvalue weighted by Gasteiger charge is 2.33. The molecule has 28 heavy (non-hydrogen) atoms. The number of nitro groups is 1. The van der Waals surface area contributed by atoms with Crippen molar-refractivity contribution in [3.63, 3.8) is 0 Å². The van der Waals surface area contributed by atoms with E-state index in [1.807, 2.05) is 11.8 Å². The molecule has 3 rings (SSSR count). The van der Waals surface area contributed by atoms with E-state index in [9.17, 15) is 23.3 Å². The van der Waals surface area contributed by atoms with Crippen LogP contribution in [0.15, 0.2) is 30.6 Å². The van der Waals surface area contributed by atoms with Gasteiger partial charge in [-0.05, 0) is 43.9 Å². The molecule has 1 saturated heterocycles. The SMILES string of the molecule is CCC1CCCCN1c1ncnc(Nc2cccc(C(F)(F)F)c2)c1[N+](=O)[O-]. The predicted octanol–water partition coefficient (Wildman–Crippen LogP) is 4.92. The summed E-state index contributed by atoms with van der Waals surface area (Å²) in [7, 11) is 0. The molecule has 2 aromatic rings. The monoisotopic (exact) mass is 395 g/mol. The van der Waals surface area contributed by atoms with Crippen LogP contribution in [0.4, 0.5) is 36.2 Å². The molecule has 1 N–H and O–H groups in total. The van der Waals surface area contributed by atoms with Crippen molar-refractivity contribution in [3.05, 3.63) is 46.3 Å². The molecule has 0 aliphatic carbocycles. The number of piperidine rings is 1. The zero-order valence-electron chi connectivity index (χ0n) is 15.2. The minimum absolute atomic E-state index is 0.0632. The lowest BCUT2D eigenvalue weighted by atomic mass is 10.00. The molecule has 1 aromatic carbocycles. The average molecular weight is 395 g/mol. The van der Waals surface area contributed by atoms with E-state index in [-0.39, 0.29) is 29.1 Å². The largest absolute Gasteiger partial charge is 0.416 e. The quantitative estimate of drug-likeness (QED) is 0.572. The van der Waals surface area contributed by atoms with E-state index < -0.39 is 16.7 Å². The molecular weight excluding hydrogens is 375 g/mol. The molecule has 0 radical (unpaired) electrons. The highest BCUT2D eigenvalue weighted by Crippen LogP contribution is 2.38. The summed E-state index contributed by atoms with van der Waals surface area (Å²) in [6.07, 6.45) is 0.352. The Kier molecular flexibility index (Phi) is 5.66. The lowest BCUT2D eigenvalue weighted by molar-refractivity contribution is -0.383. The van der Waals surface area contributed by atoms with Gasteiger partial charge in [-0.2, -0.15) is 13.2 Å². The molecule has 150 valence electrons. The molecule has 1 fully saturated rings. The second kappa shape index (κ2) is 7.99. The second-order valence-electron chi connectivity index (χ2n) is 6.61. The second-order valence-corrected chi connectivity index (χ2v) is 6.61. The van der Waals surface area contributed by atoms with E-state index in [4.69, 9.17) is 0 Å². The molecule has 1 atom stereocenters. The molecule has 2 heterocycles. The van der Waals surface area contributed by atoms with Gasteiger partial charge in [-0.25, -0.2) is 9.97 Å². The number of aromatic nitrogens is 2. The number of hydrogen-bond acceptors (Lipinski definition) is 6. The van der Waals surface area contributed by atoms with Crippen LogP contribution in [0.25, 0.3) is 0 Å². The fourth-order valence-electron chi connectivity index (χ4n) is 3.45. The fraction of sp³-hybridized carbons (Fsp3) is 0.444. The maximum Gasteiger partial charge on any atom is 0.416 e. The van der Waals surface area contributed by atoms with Gasteiger partial charge in [-0.15, -0.1) is 0 Å². The summed E-state index contributed by atoms with van der Waals surface area (Å²) < 4.78 is 38.8. The smallest absolute Gasteiger partial charge is 0.348 e. The minimum atomic E-state index is -4.51. The zero-order valence-corrected chi connectivity index (χ0v) is 15.2. The van der Waals surface area contributed by atoms with Crippen LogP contribution in [0.1, 0.15) is 38.2 Å². The van der Waals surface area contributed by atoms with E-state index in [0.29, 0.717) is 6.54 Å². The average Bonchev–Trinajstić information content (AvgIpc) is 2.67. The van der Waals surface area contributed by atoms with Gasteiger partial charge in [0.1, 0.15) is 6.33 Å². The van der Waals surface area contributed by atoms with Crippen molar-refractivity contribution in [3.8, 4) is 0 Å². The highest BCUT2D eigenvalue weighted by atomic mass is 19.4. The van der Waals surface area contributed by atoms with Gasteiger partial charge in [0.2, 0.25) is 11.6 Å². The molecule has 1 aromatic heterocycles. The first kappa shape index (κ1) is 19.8. The Balaban J connectivity index is 1.99. The third-order valence-corrected chi connectivity index (χ3v) is 4.81. The number of rotatable bonds is 5. The van der Waals surface area contributed by atoms with Crippen molar-refractivity contribution in [2.24, 2.45) is 0 Å². The summed E-state index contributed by atoms with van der Waals surface area (Å²) in [5, 5.41) is 14.4. The number of nitrogens with one attached hydrogen (secondary N) is 1. The number of benzene rings is 1. The van der Waals surface area contributed by atoms with Gasteiger partial charge in [0.15, 0.2) is 0 Å². The van der Waals surface area contributed by atoms with Crippen LogP contribution < -0.4 is 10.2 Å². The highest BCUT2D eigenvalue weighted by molar-refractivity contribution is 5.74. The van der Waals surface area contributed by atoms with Crippen molar-refractivity contribution in [1.82, 2.24) is 9.97 Å². The molecule has 1 unspecified atom stereocenters. The normalized spacial score (nSPS) is 17.4. The van der Waals surface area contributed by atoms with Gasteiger partial charge in [0.05, 0.1) is 10.5 Å².